The molecular weight excluding hydrogens is 252 g/mol. The van der Waals surface area contributed by atoms with E-state index in [2.05, 4.69) is 27.1 Å². The highest BCUT2D eigenvalue weighted by atomic mass is 32.1. The van der Waals surface area contributed by atoms with Gasteiger partial charge in [0.2, 0.25) is 10.1 Å². The van der Waals surface area contributed by atoms with Gasteiger partial charge in [0.1, 0.15) is 0 Å². The monoisotopic (exact) mass is 268 g/mol. The normalized spacial score (nSPS) is 19.4. The molecule has 0 aromatic carbocycles. The lowest BCUT2D eigenvalue weighted by Gasteiger charge is -2.28. The Morgan fingerprint density at radius 1 is 1.39 bits per heavy atom. The second-order valence-electron chi connectivity index (χ2n) is 4.51. The minimum atomic E-state index is 0.277. The van der Waals surface area contributed by atoms with Gasteiger partial charge in [-0.05, 0) is 0 Å². The van der Waals surface area contributed by atoms with Gasteiger partial charge in [0.15, 0.2) is 5.82 Å². The third kappa shape index (κ3) is 2.18. The van der Waals surface area contributed by atoms with Crippen LogP contribution in [0.4, 0.5) is 5.13 Å². The largest absolute Gasteiger partial charge is 0.379 e. The summed E-state index contributed by atoms with van der Waals surface area (Å²) in [6.07, 6.45) is 0. The first-order valence-electron chi connectivity index (χ1n) is 6.02. The van der Waals surface area contributed by atoms with Gasteiger partial charge in [-0.15, -0.1) is 15.3 Å². The fraction of sp³-hybridized carbons (Fsp3) is 0.700. The molecule has 1 aliphatic heterocycles. The Morgan fingerprint density at radius 3 is 2.94 bits per heavy atom. The second kappa shape index (κ2) is 4.79. The minimum absolute atomic E-state index is 0.277. The highest BCUT2D eigenvalue weighted by Gasteiger charge is 2.20. The Balaban J connectivity index is 1.76. The molecule has 2 aromatic heterocycles. The summed E-state index contributed by atoms with van der Waals surface area (Å²) >= 11 is 1.36. The first-order valence-corrected chi connectivity index (χ1v) is 6.83. The highest BCUT2D eigenvalue weighted by Crippen LogP contribution is 2.20. The smallest absolute Gasteiger partial charge is 0.236 e. The van der Waals surface area contributed by atoms with E-state index in [0.29, 0.717) is 5.13 Å². The summed E-state index contributed by atoms with van der Waals surface area (Å²) < 4.78 is 7.10. The summed E-state index contributed by atoms with van der Waals surface area (Å²) in [5, 5.41) is 13.1. The Hall–Kier alpha value is -1.25. The lowest BCUT2D eigenvalue weighted by Crippen LogP contribution is -2.38. The molecule has 2 N–H and O–H groups in total. The van der Waals surface area contributed by atoms with Crippen LogP contribution in [-0.2, 0) is 4.74 Å². The predicted molar refractivity (Wildman–Crippen MR) is 68.7 cm³/mol. The van der Waals surface area contributed by atoms with E-state index >= 15 is 0 Å². The zero-order valence-electron chi connectivity index (χ0n) is 10.2. The second-order valence-corrected chi connectivity index (χ2v) is 5.49. The number of fused-ring (bicyclic) bond motifs is 1. The maximum Gasteiger partial charge on any atom is 0.236 e. The quantitative estimate of drug-likeness (QED) is 0.856. The summed E-state index contributed by atoms with van der Waals surface area (Å²) in [5.74, 6) is 1.16. The summed E-state index contributed by atoms with van der Waals surface area (Å²) in [7, 11) is 0. The van der Waals surface area contributed by atoms with Crippen molar-refractivity contribution in [1.29, 1.82) is 0 Å². The number of nitrogens with zero attached hydrogens (tertiary/aromatic N) is 5. The molecule has 3 rings (SSSR count). The molecule has 1 atom stereocenters. The Bertz CT molecular complexity index is 531. The molecule has 1 fully saturated rings. The van der Waals surface area contributed by atoms with E-state index in [1.807, 2.05) is 0 Å². The lowest BCUT2D eigenvalue weighted by atomic mass is 10.1. The number of anilines is 1. The number of aromatic nitrogens is 4. The minimum Gasteiger partial charge on any atom is -0.379 e. The van der Waals surface area contributed by atoms with Crippen molar-refractivity contribution in [3.05, 3.63) is 5.82 Å². The van der Waals surface area contributed by atoms with Gasteiger partial charge in [0, 0.05) is 25.6 Å². The maximum absolute atomic E-state index is 5.68. The van der Waals surface area contributed by atoms with Crippen molar-refractivity contribution in [2.45, 2.75) is 12.8 Å². The van der Waals surface area contributed by atoms with Crippen molar-refractivity contribution < 1.29 is 4.74 Å². The molecule has 0 bridgehead atoms. The standard InChI is InChI=1S/C10H16N6OS/c1-7(6-15-2-4-17-5-3-15)8-12-13-10-16(8)14-9(11)18-10/h7H,2-6H2,1H3,(H2,11,14). The van der Waals surface area contributed by atoms with Crippen molar-refractivity contribution in [3.63, 3.8) is 0 Å². The molecule has 98 valence electrons. The van der Waals surface area contributed by atoms with Crippen molar-refractivity contribution in [3.8, 4) is 0 Å². The van der Waals surface area contributed by atoms with Crippen LogP contribution >= 0.6 is 11.3 Å². The number of morpholine rings is 1. The van der Waals surface area contributed by atoms with Crippen LogP contribution in [0.1, 0.15) is 18.7 Å². The Kier molecular flexibility index (Phi) is 3.14. The first kappa shape index (κ1) is 11.8. The topological polar surface area (TPSA) is 81.6 Å². The number of nitrogens with two attached hydrogens (primary N) is 1. The molecule has 0 saturated carbocycles. The van der Waals surface area contributed by atoms with Gasteiger partial charge in [-0.1, -0.05) is 18.3 Å². The molecule has 8 heteroatoms. The summed E-state index contributed by atoms with van der Waals surface area (Å²) in [5.41, 5.74) is 5.68. The SMILES string of the molecule is CC(CN1CCOCC1)c1nnc2sc(N)nn12. The first-order chi connectivity index (χ1) is 8.74. The van der Waals surface area contributed by atoms with E-state index < -0.39 is 0 Å². The zero-order valence-corrected chi connectivity index (χ0v) is 11.1. The van der Waals surface area contributed by atoms with E-state index in [0.717, 1.165) is 43.6 Å². The average molecular weight is 268 g/mol. The fourth-order valence-corrected chi connectivity index (χ4v) is 2.82. The molecule has 1 saturated heterocycles. The summed E-state index contributed by atoms with van der Waals surface area (Å²) in [6.45, 7) is 6.66. The van der Waals surface area contributed by atoms with E-state index in [-0.39, 0.29) is 5.92 Å². The summed E-state index contributed by atoms with van der Waals surface area (Å²) in [4.78, 5) is 3.14. The molecule has 7 nitrogen and oxygen atoms in total. The van der Waals surface area contributed by atoms with Crippen molar-refractivity contribution in [2.24, 2.45) is 0 Å². The van der Waals surface area contributed by atoms with E-state index in [9.17, 15) is 0 Å². The van der Waals surface area contributed by atoms with Gasteiger partial charge in [-0.25, -0.2) is 0 Å². The molecule has 2 aromatic rings. The molecule has 3 heterocycles. The number of ether oxygens (including phenoxy) is 1. The highest BCUT2D eigenvalue weighted by molar-refractivity contribution is 7.20. The molecule has 0 amide bonds. The van der Waals surface area contributed by atoms with Crippen LogP contribution in [-0.4, -0.2) is 57.6 Å². The van der Waals surface area contributed by atoms with Crippen molar-refractivity contribution in [1.82, 2.24) is 24.7 Å². The lowest BCUT2D eigenvalue weighted by molar-refractivity contribution is 0.0353. The molecule has 1 unspecified atom stereocenters. The number of hydrogen-bond acceptors (Lipinski definition) is 7. The number of nitrogen functional groups attached to an aromatic ring is 1. The van der Waals surface area contributed by atoms with Gasteiger partial charge in [0.25, 0.3) is 0 Å². The van der Waals surface area contributed by atoms with Gasteiger partial charge >= 0.3 is 0 Å². The third-order valence-corrected chi connectivity index (χ3v) is 3.84. The average Bonchev–Trinajstić information content (AvgIpc) is 2.88. The molecule has 0 aliphatic carbocycles. The number of hydrogen-bond donors (Lipinski definition) is 1. The molecule has 0 spiro atoms. The van der Waals surface area contributed by atoms with Gasteiger partial charge in [-0.2, -0.15) is 4.52 Å². The van der Waals surface area contributed by atoms with E-state index in [1.165, 1.54) is 11.3 Å². The molecule has 18 heavy (non-hydrogen) atoms. The van der Waals surface area contributed by atoms with Gasteiger partial charge < -0.3 is 10.5 Å². The molecular formula is C10H16N6OS. The van der Waals surface area contributed by atoms with E-state index in [4.69, 9.17) is 10.5 Å². The van der Waals surface area contributed by atoms with Crippen LogP contribution < -0.4 is 5.73 Å². The van der Waals surface area contributed by atoms with Crippen LogP contribution in [0.25, 0.3) is 4.96 Å². The van der Waals surface area contributed by atoms with E-state index in [1.54, 1.807) is 4.52 Å². The van der Waals surface area contributed by atoms with Crippen LogP contribution in [0.3, 0.4) is 0 Å². The number of rotatable bonds is 3. The molecule has 1 aliphatic rings. The maximum atomic E-state index is 5.68. The van der Waals surface area contributed by atoms with Gasteiger partial charge in [0.05, 0.1) is 13.2 Å². The summed E-state index contributed by atoms with van der Waals surface area (Å²) in [6, 6.07) is 0. The van der Waals surface area contributed by atoms with Crippen LogP contribution in [0.15, 0.2) is 0 Å². The Labute approximate surface area is 109 Å². The third-order valence-electron chi connectivity index (χ3n) is 3.11. The predicted octanol–water partition coefficient (Wildman–Crippen LogP) is 0.204. The van der Waals surface area contributed by atoms with Crippen LogP contribution in [0.2, 0.25) is 0 Å². The van der Waals surface area contributed by atoms with Crippen molar-refractivity contribution in [2.75, 3.05) is 38.6 Å². The zero-order chi connectivity index (χ0) is 12.5. The van der Waals surface area contributed by atoms with Gasteiger partial charge in [-0.3, -0.25) is 4.90 Å². The van der Waals surface area contributed by atoms with Crippen LogP contribution in [0.5, 0.6) is 0 Å². The fourth-order valence-electron chi connectivity index (χ4n) is 2.21. The Morgan fingerprint density at radius 2 is 2.17 bits per heavy atom. The molecule has 0 radical (unpaired) electrons. The van der Waals surface area contributed by atoms with Crippen molar-refractivity contribution >= 4 is 21.4 Å². The van der Waals surface area contributed by atoms with Crippen LogP contribution in [0, 0.1) is 0 Å².